The van der Waals surface area contributed by atoms with Gasteiger partial charge in [-0.1, -0.05) is 0 Å². The summed E-state index contributed by atoms with van der Waals surface area (Å²) in [7, 11) is 2.27. The van der Waals surface area contributed by atoms with Crippen LogP contribution in [0.2, 0.25) is 0 Å². The SMILES string of the molecule is COc1cc(F)cc(F)c1Bc1cc(F)cc(F)c1OC. The molecule has 0 N–H and O–H groups in total. The normalized spacial score (nSPS) is 10.4. The van der Waals surface area contributed by atoms with E-state index >= 15 is 0 Å². The monoisotopic (exact) mass is 298 g/mol. The molecule has 2 nitrogen and oxygen atoms in total. The number of hydrogen-bond donors (Lipinski definition) is 0. The smallest absolute Gasteiger partial charge is 0.206 e. The average Bonchev–Trinajstić information content (AvgIpc) is 2.41. The van der Waals surface area contributed by atoms with Crippen molar-refractivity contribution in [2.45, 2.75) is 0 Å². The fourth-order valence-electron chi connectivity index (χ4n) is 2.10. The van der Waals surface area contributed by atoms with Crippen molar-refractivity contribution < 1.29 is 27.0 Å². The zero-order valence-corrected chi connectivity index (χ0v) is 11.3. The first-order chi connectivity index (χ1) is 9.96. The molecule has 0 atom stereocenters. The van der Waals surface area contributed by atoms with Crippen molar-refractivity contribution in [2.24, 2.45) is 0 Å². The minimum absolute atomic E-state index is 0.0119. The van der Waals surface area contributed by atoms with Gasteiger partial charge in [0.15, 0.2) is 5.82 Å². The fourth-order valence-corrected chi connectivity index (χ4v) is 2.10. The van der Waals surface area contributed by atoms with E-state index in [0.717, 1.165) is 12.1 Å². The van der Waals surface area contributed by atoms with E-state index < -0.39 is 23.3 Å². The molecular weight excluding hydrogens is 287 g/mol. The summed E-state index contributed by atoms with van der Waals surface area (Å²) < 4.78 is 63.7. The van der Waals surface area contributed by atoms with Crippen LogP contribution in [-0.2, 0) is 0 Å². The highest BCUT2D eigenvalue weighted by Crippen LogP contribution is 2.17. The molecule has 2 aromatic carbocycles. The van der Waals surface area contributed by atoms with E-state index in [1.165, 1.54) is 14.2 Å². The second kappa shape index (κ2) is 6.07. The molecule has 7 heteroatoms. The van der Waals surface area contributed by atoms with Crippen molar-refractivity contribution in [2.75, 3.05) is 14.2 Å². The zero-order valence-electron chi connectivity index (χ0n) is 11.3. The third kappa shape index (κ3) is 3.12. The molecular formula is C14H11BF4O2. The van der Waals surface area contributed by atoms with E-state index in [0.29, 0.717) is 12.1 Å². The van der Waals surface area contributed by atoms with Crippen molar-refractivity contribution in [3.63, 3.8) is 0 Å². The summed E-state index contributed by atoms with van der Waals surface area (Å²) in [5.74, 6) is -3.61. The molecule has 2 rings (SSSR count). The van der Waals surface area contributed by atoms with E-state index in [-0.39, 0.29) is 29.7 Å². The van der Waals surface area contributed by atoms with Gasteiger partial charge in [-0.2, -0.15) is 0 Å². The molecule has 0 saturated carbocycles. The lowest BCUT2D eigenvalue weighted by molar-refractivity contribution is 0.387. The standard InChI is InChI=1S/C14H11BF4O2/c1-20-12-6-8(17)4-10(18)13(12)15-9-3-7(16)5-11(19)14(9)21-2/h3-6,15H,1-2H3. The summed E-state index contributed by atoms with van der Waals surface area (Å²) in [5.41, 5.74) is 0.0843. The van der Waals surface area contributed by atoms with Gasteiger partial charge in [-0.3, -0.25) is 0 Å². The lowest BCUT2D eigenvalue weighted by Gasteiger charge is -2.12. The summed E-state index contributed by atoms with van der Waals surface area (Å²) in [5, 5.41) is 0. The van der Waals surface area contributed by atoms with Gasteiger partial charge >= 0.3 is 0 Å². The van der Waals surface area contributed by atoms with Crippen LogP contribution in [0.3, 0.4) is 0 Å². The molecule has 0 aromatic heterocycles. The molecule has 0 saturated heterocycles. The van der Waals surface area contributed by atoms with Crippen LogP contribution in [0.25, 0.3) is 0 Å². The van der Waals surface area contributed by atoms with Crippen molar-refractivity contribution >= 4 is 18.2 Å². The maximum absolute atomic E-state index is 13.9. The molecule has 21 heavy (non-hydrogen) atoms. The average molecular weight is 298 g/mol. The maximum Gasteiger partial charge on any atom is 0.206 e. The summed E-state index contributed by atoms with van der Waals surface area (Å²) in [6, 6.07) is 3.38. The molecule has 0 heterocycles. The van der Waals surface area contributed by atoms with E-state index in [1.807, 2.05) is 0 Å². The first-order valence-electron chi connectivity index (χ1n) is 6.00. The van der Waals surface area contributed by atoms with Crippen LogP contribution in [-0.4, -0.2) is 21.5 Å². The Morgan fingerprint density at radius 3 is 2.05 bits per heavy atom. The highest BCUT2D eigenvalue weighted by molar-refractivity contribution is 6.69. The fraction of sp³-hybridized carbons (Fsp3) is 0.143. The molecule has 0 radical (unpaired) electrons. The van der Waals surface area contributed by atoms with Crippen LogP contribution in [0, 0.1) is 23.3 Å². The largest absolute Gasteiger partial charge is 0.497 e. The van der Waals surface area contributed by atoms with Crippen LogP contribution in [0.1, 0.15) is 0 Å². The summed E-state index contributed by atoms with van der Waals surface area (Å²) in [4.78, 5) is 0. The van der Waals surface area contributed by atoms with Crippen LogP contribution in [0.5, 0.6) is 11.5 Å². The molecule has 0 aliphatic rings. The molecule has 0 amide bonds. The van der Waals surface area contributed by atoms with Crippen molar-refractivity contribution in [1.29, 1.82) is 0 Å². The van der Waals surface area contributed by atoms with Gasteiger partial charge in [0.2, 0.25) is 7.28 Å². The number of ether oxygens (including phenoxy) is 2. The Morgan fingerprint density at radius 1 is 0.810 bits per heavy atom. The zero-order chi connectivity index (χ0) is 15.6. The van der Waals surface area contributed by atoms with Crippen LogP contribution >= 0.6 is 0 Å². The number of rotatable bonds is 4. The molecule has 2 aromatic rings. The lowest BCUT2D eigenvalue weighted by atomic mass is 9.63. The third-order valence-corrected chi connectivity index (χ3v) is 3.00. The van der Waals surface area contributed by atoms with Crippen LogP contribution in [0.4, 0.5) is 17.6 Å². The second-order valence-corrected chi connectivity index (χ2v) is 4.33. The van der Waals surface area contributed by atoms with E-state index in [2.05, 4.69) is 0 Å². The van der Waals surface area contributed by atoms with Crippen molar-refractivity contribution in [3.05, 3.63) is 47.5 Å². The topological polar surface area (TPSA) is 18.5 Å². The van der Waals surface area contributed by atoms with Crippen LogP contribution in [0.15, 0.2) is 24.3 Å². The highest BCUT2D eigenvalue weighted by atomic mass is 19.1. The van der Waals surface area contributed by atoms with Crippen molar-refractivity contribution in [1.82, 2.24) is 0 Å². The van der Waals surface area contributed by atoms with Gasteiger partial charge in [-0.15, -0.1) is 0 Å². The Labute approximate surface area is 119 Å². The van der Waals surface area contributed by atoms with E-state index in [1.54, 1.807) is 0 Å². The van der Waals surface area contributed by atoms with Gasteiger partial charge in [-0.25, -0.2) is 17.6 Å². The first kappa shape index (κ1) is 15.2. The van der Waals surface area contributed by atoms with Gasteiger partial charge in [0.25, 0.3) is 0 Å². The van der Waals surface area contributed by atoms with Crippen LogP contribution < -0.4 is 20.4 Å². The summed E-state index contributed by atoms with van der Waals surface area (Å²) >= 11 is 0. The number of benzene rings is 2. The maximum atomic E-state index is 13.9. The minimum Gasteiger partial charge on any atom is -0.497 e. The van der Waals surface area contributed by atoms with E-state index in [9.17, 15) is 17.6 Å². The van der Waals surface area contributed by atoms with E-state index in [4.69, 9.17) is 9.47 Å². The third-order valence-electron chi connectivity index (χ3n) is 3.00. The number of hydrogen-bond acceptors (Lipinski definition) is 2. The summed E-state index contributed by atoms with van der Waals surface area (Å²) in [6.45, 7) is 0. The summed E-state index contributed by atoms with van der Waals surface area (Å²) in [6.07, 6.45) is 0. The Kier molecular flexibility index (Phi) is 4.40. The van der Waals surface area contributed by atoms with Gasteiger partial charge in [0, 0.05) is 18.2 Å². The highest BCUT2D eigenvalue weighted by Gasteiger charge is 2.19. The molecule has 0 bridgehead atoms. The minimum atomic E-state index is -0.894. The lowest BCUT2D eigenvalue weighted by Crippen LogP contribution is -2.33. The van der Waals surface area contributed by atoms with Crippen molar-refractivity contribution in [3.8, 4) is 11.5 Å². The van der Waals surface area contributed by atoms with Gasteiger partial charge in [-0.05, 0) is 17.0 Å². The molecule has 0 aliphatic heterocycles. The molecule has 0 aliphatic carbocycles. The molecule has 0 fully saturated rings. The quantitative estimate of drug-likeness (QED) is 0.631. The number of methoxy groups -OCH3 is 2. The predicted octanol–water partition coefficient (Wildman–Crippen LogP) is 1.65. The van der Waals surface area contributed by atoms with Gasteiger partial charge in [0.05, 0.1) is 14.2 Å². The predicted molar refractivity (Wildman–Crippen MR) is 72.2 cm³/mol. The van der Waals surface area contributed by atoms with Gasteiger partial charge < -0.3 is 9.47 Å². The van der Waals surface area contributed by atoms with Gasteiger partial charge in [0.1, 0.15) is 29.0 Å². The Hall–Kier alpha value is -2.18. The Balaban J connectivity index is 2.52. The Morgan fingerprint density at radius 2 is 1.43 bits per heavy atom. The molecule has 0 spiro atoms. The molecule has 0 unspecified atom stereocenters. The second-order valence-electron chi connectivity index (χ2n) is 4.33. The molecule has 110 valence electrons. The first-order valence-corrected chi connectivity index (χ1v) is 6.00. The number of halogens is 4. The Bertz CT molecular complexity index is 677.